The molecule has 6 rings (SSSR count). The first kappa shape index (κ1) is 27.0. The Kier molecular flexibility index (Phi) is 7.57. The molecule has 0 atom stereocenters. The lowest BCUT2D eigenvalue weighted by Crippen LogP contribution is -2.17. The maximum atomic E-state index is 13.3. The van der Waals surface area contributed by atoms with Gasteiger partial charge in [-0.15, -0.1) is 0 Å². The van der Waals surface area contributed by atoms with Gasteiger partial charge >= 0.3 is 6.09 Å². The number of amides is 2. The Morgan fingerprint density at radius 2 is 1.52 bits per heavy atom. The molecule has 0 unspecified atom stereocenters. The Bertz CT molecular complexity index is 1750. The van der Waals surface area contributed by atoms with Crippen LogP contribution in [0.15, 0.2) is 119 Å². The van der Waals surface area contributed by atoms with Crippen LogP contribution < -0.4 is 16.4 Å². The number of halogens is 1. The predicted molar refractivity (Wildman–Crippen MR) is 162 cm³/mol. The van der Waals surface area contributed by atoms with E-state index in [4.69, 9.17) is 10.5 Å². The quantitative estimate of drug-likeness (QED) is 0.173. The van der Waals surface area contributed by atoms with Gasteiger partial charge in [-0.1, -0.05) is 60.3 Å². The lowest BCUT2D eigenvalue weighted by atomic mass is 9.98. The lowest BCUT2D eigenvalue weighted by molar-refractivity contribution is 0.102. The van der Waals surface area contributed by atoms with E-state index >= 15 is 0 Å². The summed E-state index contributed by atoms with van der Waals surface area (Å²) in [5.41, 5.74) is 12.5. The molecule has 2 amide bonds. The highest BCUT2D eigenvalue weighted by Crippen LogP contribution is 2.44. The fraction of sp³-hybridized carbons (Fsp3) is 0.0606. The van der Waals surface area contributed by atoms with Crippen LogP contribution in [0, 0.1) is 5.82 Å². The van der Waals surface area contributed by atoms with Crippen molar-refractivity contribution in [2.45, 2.75) is 15.7 Å². The average Bonchev–Trinajstić information content (AvgIpc) is 3.31. The van der Waals surface area contributed by atoms with E-state index < -0.39 is 17.8 Å². The van der Waals surface area contributed by atoms with Gasteiger partial charge in [-0.3, -0.25) is 15.1 Å². The molecular formula is C33H25FN4O3S. The first-order valence-electron chi connectivity index (χ1n) is 13.2. The number of nitrogens with two attached hydrogens (primary N) is 1. The molecule has 0 spiro atoms. The summed E-state index contributed by atoms with van der Waals surface area (Å²) in [6, 6.07) is 29.8. The van der Waals surface area contributed by atoms with Crippen molar-refractivity contribution >= 4 is 40.8 Å². The summed E-state index contributed by atoms with van der Waals surface area (Å²) in [7, 11) is 0. The average molecular weight is 577 g/mol. The van der Waals surface area contributed by atoms with Gasteiger partial charge in [0.05, 0.1) is 18.1 Å². The second-order valence-electron chi connectivity index (χ2n) is 9.68. The summed E-state index contributed by atoms with van der Waals surface area (Å²) in [6.45, 7) is 0.236. The van der Waals surface area contributed by atoms with Gasteiger partial charge in [0.1, 0.15) is 12.4 Å². The molecule has 4 N–H and O–H groups in total. The molecule has 0 radical (unpaired) electrons. The number of pyridine rings is 1. The number of nitrogens with zero attached hydrogens (tertiary/aromatic N) is 1. The summed E-state index contributed by atoms with van der Waals surface area (Å²) in [6.07, 6.45) is 1.90. The standard InChI is InChI=1S/C33H25FN4O3S/c34-21-16-23(18-36-17-21)37-32(39)20-9-14-31(30(35)15-20)42-24-12-10-22(11-13-24)38-33(40)41-19-29-27-7-3-1-5-25(27)26-6-2-4-8-28(26)29/h1-18,29H,19,35H2,(H,37,39)(H,38,40). The van der Waals surface area contributed by atoms with Crippen molar-refractivity contribution in [1.29, 1.82) is 0 Å². The molecule has 42 heavy (non-hydrogen) atoms. The van der Waals surface area contributed by atoms with E-state index in [-0.39, 0.29) is 18.2 Å². The Morgan fingerprint density at radius 3 is 2.19 bits per heavy atom. The van der Waals surface area contributed by atoms with Crippen LogP contribution in [-0.2, 0) is 4.74 Å². The molecule has 0 saturated carbocycles. The predicted octanol–water partition coefficient (Wildman–Crippen LogP) is 7.57. The molecular weight excluding hydrogens is 551 g/mol. The highest BCUT2D eigenvalue weighted by Gasteiger charge is 2.29. The molecule has 7 nitrogen and oxygen atoms in total. The number of nitrogens with one attached hydrogen (secondary N) is 2. The summed E-state index contributed by atoms with van der Waals surface area (Å²) in [5.74, 6) is -0.976. The number of carbonyl (C=O) groups excluding carboxylic acids is 2. The van der Waals surface area contributed by atoms with Gasteiger partial charge in [0.15, 0.2) is 0 Å². The van der Waals surface area contributed by atoms with E-state index in [0.717, 1.165) is 27.1 Å². The molecule has 208 valence electrons. The summed E-state index contributed by atoms with van der Waals surface area (Å²) in [5, 5.41) is 5.39. The smallest absolute Gasteiger partial charge is 0.411 e. The van der Waals surface area contributed by atoms with Crippen LogP contribution in [0.1, 0.15) is 27.4 Å². The molecule has 1 heterocycles. The van der Waals surface area contributed by atoms with E-state index in [1.165, 1.54) is 35.2 Å². The number of benzene rings is 4. The summed E-state index contributed by atoms with van der Waals surface area (Å²) < 4.78 is 19.0. The maximum Gasteiger partial charge on any atom is 0.411 e. The lowest BCUT2D eigenvalue weighted by Gasteiger charge is -2.14. The molecule has 0 aliphatic heterocycles. The zero-order chi connectivity index (χ0) is 29.1. The normalized spacial score (nSPS) is 11.8. The van der Waals surface area contributed by atoms with Gasteiger partial charge in [0.2, 0.25) is 0 Å². The Hall–Kier alpha value is -5.15. The van der Waals surface area contributed by atoms with Gasteiger partial charge in [-0.2, -0.15) is 0 Å². The second kappa shape index (κ2) is 11.8. The van der Waals surface area contributed by atoms with Gasteiger partial charge in [-0.05, 0) is 64.7 Å². The van der Waals surface area contributed by atoms with Crippen LogP contribution in [0.25, 0.3) is 11.1 Å². The van der Waals surface area contributed by atoms with Gasteiger partial charge < -0.3 is 15.8 Å². The molecule has 5 aromatic rings. The van der Waals surface area contributed by atoms with Gasteiger partial charge in [0, 0.05) is 38.7 Å². The fourth-order valence-electron chi connectivity index (χ4n) is 4.95. The van der Waals surface area contributed by atoms with Crippen LogP contribution in [0.3, 0.4) is 0 Å². The molecule has 0 fully saturated rings. The second-order valence-corrected chi connectivity index (χ2v) is 10.8. The van der Waals surface area contributed by atoms with Gasteiger partial charge in [-0.25, -0.2) is 9.18 Å². The van der Waals surface area contributed by atoms with E-state index in [2.05, 4.69) is 39.9 Å². The van der Waals surface area contributed by atoms with E-state index in [1.807, 2.05) is 36.4 Å². The van der Waals surface area contributed by atoms with Crippen LogP contribution in [-0.4, -0.2) is 23.6 Å². The minimum absolute atomic E-state index is 0.0109. The third-order valence-corrected chi connectivity index (χ3v) is 8.01. The monoisotopic (exact) mass is 576 g/mol. The summed E-state index contributed by atoms with van der Waals surface area (Å²) in [4.78, 5) is 30.5. The highest BCUT2D eigenvalue weighted by atomic mass is 32.2. The number of aromatic nitrogens is 1. The molecule has 1 aliphatic carbocycles. The van der Waals surface area contributed by atoms with Crippen molar-refractivity contribution in [3.63, 3.8) is 0 Å². The van der Waals surface area contributed by atoms with E-state index in [9.17, 15) is 14.0 Å². The molecule has 1 aromatic heterocycles. The van der Waals surface area contributed by atoms with Crippen molar-refractivity contribution in [1.82, 2.24) is 4.98 Å². The zero-order valence-electron chi connectivity index (χ0n) is 22.2. The Labute approximate surface area is 245 Å². The number of hydrogen-bond acceptors (Lipinski definition) is 6. The van der Waals surface area contributed by atoms with Crippen molar-refractivity contribution in [2.24, 2.45) is 0 Å². The van der Waals surface area contributed by atoms with Crippen LogP contribution in [0.4, 0.5) is 26.2 Å². The topological polar surface area (TPSA) is 106 Å². The number of ether oxygens (including phenoxy) is 1. The van der Waals surface area contributed by atoms with Crippen LogP contribution >= 0.6 is 11.8 Å². The highest BCUT2D eigenvalue weighted by molar-refractivity contribution is 7.99. The Morgan fingerprint density at radius 1 is 0.833 bits per heavy atom. The minimum atomic E-state index is -0.543. The van der Waals surface area contributed by atoms with Crippen molar-refractivity contribution < 1.29 is 18.7 Å². The SMILES string of the molecule is Nc1cc(C(=O)Nc2cncc(F)c2)ccc1Sc1ccc(NC(=O)OCC2c3ccccc3-c3ccccc32)cc1. The van der Waals surface area contributed by atoms with Crippen molar-refractivity contribution in [3.8, 4) is 11.1 Å². The van der Waals surface area contributed by atoms with Crippen molar-refractivity contribution in [3.05, 3.63) is 132 Å². The number of anilines is 3. The van der Waals surface area contributed by atoms with Crippen LogP contribution in [0.2, 0.25) is 0 Å². The van der Waals surface area contributed by atoms with Crippen molar-refractivity contribution in [2.75, 3.05) is 23.0 Å². The summed E-state index contributed by atoms with van der Waals surface area (Å²) >= 11 is 1.42. The third-order valence-electron chi connectivity index (χ3n) is 6.91. The number of nitrogen functional groups attached to an aromatic ring is 1. The number of carbonyl (C=O) groups is 2. The molecule has 1 aliphatic rings. The first-order chi connectivity index (χ1) is 20.4. The van der Waals surface area contributed by atoms with E-state index in [0.29, 0.717) is 16.9 Å². The molecule has 9 heteroatoms. The fourth-order valence-corrected chi connectivity index (χ4v) is 5.79. The molecule has 0 bridgehead atoms. The Balaban J connectivity index is 1.04. The maximum absolute atomic E-state index is 13.3. The largest absolute Gasteiger partial charge is 0.448 e. The zero-order valence-corrected chi connectivity index (χ0v) is 23.0. The van der Waals surface area contributed by atoms with E-state index in [1.54, 1.807) is 30.3 Å². The minimum Gasteiger partial charge on any atom is -0.448 e. The first-order valence-corrected chi connectivity index (χ1v) is 14.0. The van der Waals surface area contributed by atoms with Gasteiger partial charge in [0.25, 0.3) is 5.91 Å². The number of fused-ring (bicyclic) bond motifs is 3. The number of hydrogen-bond donors (Lipinski definition) is 3. The number of rotatable bonds is 7. The molecule has 0 saturated heterocycles. The third kappa shape index (κ3) is 5.82. The molecule has 4 aromatic carbocycles. The van der Waals surface area contributed by atoms with Crippen LogP contribution in [0.5, 0.6) is 0 Å².